The van der Waals surface area contributed by atoms with Gasteiger partial charge in [-0.2, -0.15) is 0 Å². The van der Waals surface area contributed by atoms with E-state index in [0.29, 0.717) is 0 Å². The van der Waals surface area contributed by atoms with Crippen LogP contribution in [0, 0.1) is 0 Å². The van der Waals surface area contributed by atoms with Gasteiger partial charge in [-0.3, -0.25) is 10.1 Å². The Morgan fingerprint density at radius 2 is 2.00 bits per heavy atom. The summed E-state index contributed by atoms with van der Waals surface area (Å²) in [5, 5.41) is 3.97. The first-order valence-electron chi connectivity index (χ1n) is 2.92. The number of carbonyl (C=O) groups excluding carboxylic acids is 2. The van der Waals surface area contributed by atoms with E-state index in [0.717, 1.165) is 0 Å². The Balaban J connectivity index is 2.67. The molecule has 0 aromatic heterocycles. The molecule has 0 aromatic carbocycles. The number of urea groups is 1. The number of imide groups is 1. The Morgan fingerprint density at radius 3 is 2.33 bits per heavy atom. The Hall–Kier alpha value is -0.820. The maximum atomic E-state index is 10.7. The van der Waals surface area contributed by atoms with Crippen LogP contribution in [0.15, 0.2) is 0 Å². The topological polar surface area (TPSA) is 92.3 Å². The molecule has 1 saturated heterocycles. The second kappa shape index (κ2) is 2.91. The summed E-state index contributed by atoms with van der Waals surface area (Å²) in [6.45, 7) is 0. The number of nitrogens with one attached hydrogen (secondary N) is 2. The highest BCUT2D eigenvalue weighted by molar-refractivity contribution is 8.13. The van der Waals surface area contributed by atoms with E-state index in [1.807, 2.05) is 5.32 Å². The maximum Gasteiger partial charge on any atom is 0.322 e. The molecule has 2 N–H and O–H groups in total. The van der Waals surface area contributed by atoms with Crippen molar-refractivity contribution in [3.05, 3.63) is 0 Å². The molecule has 3 amide bonds. The van der Waals surface area contributed by atoms with E-state index in [-0.39, 0.29) is 0 Å². The molecular formula is C4H5ClN2O4S. The van der Waals surface area contributed by atoms with Gasteiger partial charge in [0.2, 0.25) is 9.05 Å². The van der Waals surface area contributed by atoms with Crippen LogP contribution in [-0.4, -0.2) is 32.2 Å². The lowest BCUT2D eigenvalue weighted by molar-refractivity contribution is -0.119. The van der Waals surface area contributed by atoms with Crippen LogP contribution in [0.1, 0.15) is 0 Å². The van der Waals surface area contributed by atoms with Crippen molar-refractivity contribution in [3.8, 4) is 0 Å². The molecular weight excluding hydrogens is 208 g/mol. The zero-order chi connectivity index (χ0) is 9.35. The van der Waals surface area contributed by atoms with Crippen molar-refractivity contribution in [2.24, 2.45) is 0 Å². The lowest BCUT2D eigenvalue weighted by atomic mass is 10.3. The molecule has 0 unspecified atom stereocenters. The second-order valence-corrected chi connectivity index (χ2v) is 5.04. The summed E-state index contributed by atoms with van der Waals surface area (Å²) in [7, 11) is 1.10. The van der Waals surface area contributed by atoms with Gasteiger partial charge in [-0.1, -0.05) is 0 Å². The highest BCUT2D eigenvalue weighted by Crippen LogP contribution is 2.02. The average molecular weight is 213 g/mol. The molecule has 12 heavy (non-hydrogen) atoms. The van der Waals surface area contributed by atoms with Gasteiger partial charge in [0.05, 0.1) is 5.75 Å². The zero-order valence-electron chi connectivity index (χ0n) is 5.70. The largest absolute Gasteiger partial charge is 0.325 e. The van der Waals surface area contributed by atoms with E-state index in [2.05, 4.69) is 5.32 Å². The normalized spacial score (nSPS) is 23.6. The number of amides is 3. The van der Waals surface area contributed by atoms with Gasteiger partial charge in [0.25, 0.3) is 5.91 Å². The van der Waals surface area contributed by atoms with Gasteiger partial charge in [0, 0.05) is 10.7 Å². The van der Waals surface area contributed by atoms with Crippen LogP contribution in [0.3, 0.4) is 0 Å². The number of halogens is 1. The van der Waals surface area contributed by atoms with E-state index in [9.17, 15) is 18.0 Å². The molecule has 0 radical (unpaired) electrons. The molecule has 6 nitrogen and oxygen atoms in total. The fourth-order valence-corrected chi connectivity index (χ4v) is 1.79. The SMILES string of the molecule is O=C1NC(=O)[C@@H](CS(=O)(=O)Cl)N1. The highest BCUT2D eigenvalue weighted by atomic mass is 35.7. The number of hydrogen-bond acceptors (Lipinski definition) is 4. The van der Waals surface area contributed by atoms with E-state index in [1.165, 1.54) is 0 Å². The van der Waals surface area contributed by atoms with E-state index in [1.54, 1.807) is 0 Å². The fourth-order valence-electron chi connectivity index (χ4n) is 0.775. The molecule has 1 aliphatic heterocycles. The minimum atomic E-state index is -3.77. The van der Waals surface area contributed by atoms with Crippen molar-refractivity contribution >= 4 is 31.7 Å². The number of rotatable bonds is 2. The molecule has 1 aliphatic rings. The van der Waals surface area contributed by atoms with E-state index >= 15 is 0 Å². The van der Waals surface area contributed by atoms with Gasteiger partial charge < -0.3 is 5.32 Å². The van der Waals surface area contributed by atoms with Crippen molar-refractivity contribution in [2.75, 3.05) is 5.75 Å². The summed E-state index contributed by atoms with van der Waals surface area (Å²) >= 11 is 0. The van der Waals surface area contributed by atoms with Crippen molar-refractivity contribution in [3.63, 3.8) is 0 Å². The van der Waals surface area contributed by atoms with Crippen LogP contribution in [0.4, 0.5) is 4.79 Å². The highest BCUT2D eigenvalue weighted by Gasteiger charge is 2.32. The Bertz CT molecular complexity index is 324. The maximum absolute atomic E-state index is 10.7. The summed E-state index contributed by atoms with van der Waals surface area (Å²) in [5.74, 6) is -1.27. The third kappa shape index (κ3) is 2.35. The summed E-state index contributed by atoms with van der Waals surface area (Å²) in [5.41, 5.74) is 0. The molecule has 0 bridgehead atoms. The molecule has 0 spiro atoms. The fraction of sp³-hybridized carbons (Fsp3) is 0.500. The van der Waals surface area contributed by atoms with Crippen LogP contribution in [0.2, 0.25) is 0 Å². The van der Waals surface area contributed by atoms with Crippen molar-refractivity contribution in [1.29, 1.82) is 0 Å². The first kappa shape index (κ1) is 9.27. The predicted molar refractivity (Wildman–Crippen MR) is 40.1 cm³/mol. The molecule has 0 aromatic rings. The number of hydrogen-bond donors (Lipinski definition) is 2. The predicted octanol–water partition coefficient (Wildman–Crippen LogP) is -1.24. The third-order valence-electron chi connectivity index (χ3n) is 1.22. The molecule has 68 valence electrons. The molecule has 8 heteroatoms. The molecule has 0 aliphatic carbocycles. The Morgan fingerprint density at radius 1 is 1.42 bits per heavy atom. The van der Waals surface area contributed by atoms with Crippen LogP contribution < -0.4 is 10.6 Å². The van der Waals surface area contributed by atoms with Gasteiger partial charge in [-0.05, 0) is 0 Å². The Labute approximate surface area is 72.7 Å². The van der Waals surface area contributed by atoms with Gasteiger partial charge in [-0.25, -0.2) is 13.2 Å². The van der Waals surface area contributed by atoms with Gasteiger partial charge in [0.15, 0.2) is 0 Å². The van der Waals surface area contributed by atoms with Crippen LogP contribution in [0.5, 0.6) is 0 Å². The average Bonchev–Trinajstić information content (AvgIpc) is 2.06. The lowest BCUT2D eigenvalue weighted by Crippen LogP contribution is -2.34. The first-order chi connectivity index (χ1) is 5.38. The monoisotopic (exact) mass is 212 g/mol. The first-order valence-corrected chi connectivity index (χ1v) is 5.40. The van der Waals surface area contributed by atoms with Crippen molar-refractivity contribution in [1.82, 2.24) is 10.6 Å². The smallest absolute Gasteiger partial charge is 0.322 e. The molecule has 1 atom stereocenters. The second-order valence-electron chi connectivity index (χ2n) is 2.22. The standard InChI is InChI=1S/C4H5ClN2O4S/c5-12(10,11)1-2-3(8)7-4(9)6-2/h2H,1H2,(H2,6,7,8,9)/t2-/m1/s1. The van der Waals surface area contributed by atoms with Gasteiger partial charge >= 0.3 is 6.03 Å². The van der Waals surface area contributed by atoms with Crippen LogP contribution in [0.25, 0.3) is 0 Å². The number of carbonyl (C=O) groups is 2. The van der Waals surface area contributed by atoms with Gasteiger partial charge in [-0.15, -0.1) is 0 Å². The summed E-state index contributed by atoms with van der Waals surface area (Å²) in [6.07, 6.45) is 0. The summed E-state index contributed by atoms with van der Waals surface area (Å²) in [4.78, 5) is 21.2. The molecule has 1 fully saturated rings. The molecule has 1 rings (SSSR count). The van der Waals surface area contributed by atoms with Crippen LogP contribution in [-0.2, 0) is 13.8 Å². The lowest BCUT2D eigenvalue weighted by Gasteiger charge is -2.01. The summed E-state index contributed by atoms with van der Waals surface area (Å²) < 4.78 is 20.9. The van der Waals surface area contributed by atoms with E-state index < -0.39 is 32.8 Å². The Kier molecular flexibility index (Phi) is 2.25. The molecule has 1 heterocycles. The van der Waals surface area contributed by atoms with Crippen LogP contribution >= 0.6 is 10.7 Å². The van der Waals surface area contributed by atoms with Crippen molar-refractivity contribution in [2.45, 2.75) is 6.04 Å². The quantitative estimate of drug-likeness (QED) is 0.443. The molecule has 0 saturated carbocycles. The minimum Gasteiger partial charge on any atom is -0.325 e. The zero-order valence-corrected chi connectivity index (χ0v) is 7.28. The summed E-state index contributed by atoms with van der Waals surface area (Å²) in [6, 6.07) is -1.77. The minimum absolute atomic E-state index is 0.591. The van der Waals surface area contributed by atoms with E-state index in [4.69, 9.17) is 10.7 Å². The third-order valence-corrected chi connectivity index (χ3v) is 2.33. The van der Waals surface area contributed by atoms with Crippen molar-refractivity contribution < 1.29 is 18.0 Å². The van der Waals surface area contributed by atoms with Gasteiger partial charge in [0.1, 0.15) is 6.04 Å².